The van der Waals surface area contributed by atoms with E-state index in [-0.39, 0.29) is 23.8 Å². The average Bonchev–Trinajstić information content (AvgIpc) is 2.32. The van der Waals surface area contributed by atoms with E-state index in [1.807, 2.05) is 13.8 Å². The highest BCUT2D eigenvalue weighted by atomic mass is 16.4. The number of carbonyl (C=O) groups excluding carboxylic acids is 2. The van der Waals surface area contributed by atoms with E-state index in [1.165, 1.54) is 6.92 Å². The second-order valence-electron chi connectivity index (χ2n) is 6.14. The number of carboxylic acid groups (broad SMARTS) is 1. The lowest BCUT2D eigenvalue weighted by atomic mass is 9.76. The summed E-state index contributed by atoms with van der Waals surface area (Å²) in [7, 11) is 0. The number of carboxylic acids is 1. The topological polar surface area (TPSA) is 98.7 Å². The van der Waals surface area contributed by atoms with Crippen LogP contribution in [0.5, 0.6) is 0 Å². The number of carbonyl (C=O) groups is 3. The molecule has 0 aromatic rings. The maximum atomic E-state index is 11.9. The van der Waals surface area contributed by atoms with E-state index >= 15 is 0 Å². The molecule has 1 heterocycles. The van der Waals surface area contributed by atoms with Crippen molar-refractivity contribution in [2.24, 2.45) is 5.41 Å². The molecule has 0 aromatic carbocycles. The Morgan fingerprint density at radius 1 is 1.24 bits per heavy atom. The fourth-order valence-corrected chi connectivity index (χ4v) is 2.84. The van der Waals surface area contributed by atoms with E-state index in [2.05, 4.69) is 10.6 Å². The summed E-state index contributed by atoms with van der Waals surface area (Å²) in [6.07, 6.45) is 1.72. The van der Waals surface area contributed by atoms with Crippen LogP contribution < -0.4 is 10.6 Å². The average molecular weight is 299 g/mol. The smallest absolute Gasteiger partial charge is 0.321 e. The number of nitrogens with one attached hydrogen (secondary N) is 2. The predicted octanol–water partition coefficient (Wildman–Crippen LogP) is -0.186. The van der Waals surface area contributed by atoms with Crippen molar-refractivity contribution in [3.8, 4) is 0 Å². The van der Waals surface area contributed by atoms with Crippen LogP contribution in [0.1, 0.15) is 33.6 Å². The molecule has 120 valence electrons. The number of hydrogen-bond acceptors (Lipinski definition) is 4. The molecule has 0 aliphatic carbocycles. The van der Waals surface area contributed by atoms with Gasteiger partial charge >= 0.3 is 5.97 Å². The van der Waals surface area contributed by atoms with Gasteiger partial charge in [-0.15, -0.1) is 0 Å². The number of amides is 2. The lowest BCUT2D eigenvalue weighted by Crippen LogP contribution is -2.56. The molecule has 7 heteroatoms. The number of nitrogens with zero attached hydrogens (tertiary/aromatic N) is 1. The van der Waals surface area contributed by atoms with Gasteiger partial charge in [0.2, 0.25) is 11.8 Å². The number of hydrogen-bond donors (Lipinski definition) is 3. The Balaban J connectivity index is 2.49. The fraction of sp³-hybridized carbons (Fsp3) is 0.786. The van der Waals surface area contributed by atoms with Crippen LogP contribution in [-0.4, -0.2) is 60.0 Å². The van der Waals surface area contributed by atoms with Gasteiger partial charge in [0.05, 0.1) is 6.54 Å². The lowest BCUT2D eigenvalue weighted by molar-refractivity contribution is -0.151. The molecule has 1 unspecified atom stereocenters. The van der Waals surface area contributed by atoms with Crippen LogP contribution in [0.25, 0.3) is 0 Å². The van der Waals surface area contributed by atoms with E-state index in [1.54, 1.807) is 4.90 Å². The van der Waals surface area contributed by atoms with Crippen molar-refractivity contribution in [3.05, 3.63) is 0 Å². The van der Waals surface area contributed by atoms with Gasteiger partial charge < -0.3 is 15.7 Å². The first-order valence-corrected chi connectivity index (χ1v) is 7.22. The molecule has 0 radical (unpaired) electrons. The minimum absolute atomic E-state index is 0.0699. The first kappa shape index (κ1) is 17.4. The van der Waals surface area contributed by atoms with Crippen LogP contribution in [-0.2, 0) is 14.4 Å². The van der Waals surface area contributed by atoms with Gasteiger partial charge in [0.25, 0.3) is 0 Å². The highest BCUT2D eigenvalue weighted by Gasteiger charge is 2.42. The van der Waals surface area contributed by atoms with Gasteiger partial charge in [-0.05, 0) is 24.8 Å². The van der Waals surface area contributed by atoms with Crippen molar-refractivity contribution in [1.29, 1.82) is 0 Å². The van der Waals surface area contributed by atoms with Gasteiger partial charge in [-0.2, -0.15) is 0 Å². The van der Waals surface area contributed by atoms with Crippen molar-refractivity contribution in [2.75, 3.05) is 26.2 Å². The van der Waals surface area contributed by atoms with Crippen molar-refractivity contribution in [1.82, 2.24) is 15.5 Å². The number of piperidine rings is 1. The molecule has 1 rings (SSSR count). The van der Waals surface area contributed by atoms with Gasteiger partial charge in [0.1, 0.15) is 6.04 Å². The molecule has 1 saturated heterocycles. The van der Waals surface area contributed by atoms with Crippen LogP contribution in [0, 0.1) is 5.41 Å². The van der Waals surface area contributed by atoms with Gasteiger partial charge in [-0.1, -0.05) is 13.8 Å². The number of aliphatic carboxylic acids is 1. The van der Waals surface area contributed by atoms with E-state index in [4.69, 9.17) is 0 Å². The van der Waals surface area contributed by atoms with Crippen LogP contribution in [0.15, 0.2) is 0 Å². The highest BCUT2D eigenvalue weighted by Crippen LogP contribution is 2.35. The Bertz CT molecular complexity index is 409. The molecule has 21 heavy (non-hydrogen) atoms. The Morgan fingerprint density at radius 2 is 1.86 bits per heavy atom. The molecule has 1 fully saturated rings. The summed E-state index contributed by atoms with van der Waals surface area (Å²) in [5.74, 6) is -1.25. The predicted molar refractivity (Wildman–Crippen MR) is 77.7 cm³/mol. The summed E-state index contributed by atoms with van der Waals surface area (Å²) in [6.45, 7) is 6.65. The summed E-state index contributed by atoms with van der Waals surface area (Å²) in [6, 6.07) is -0.646. The van der Waals surface area contributed by atoms with E-state index in [9.17, 15) is 19.5 Å². The van der Waals surface area contributed by atoms with Gasteiger partial charge in [-0.3, -0.25) is 19.3 Å². The quantitative estimate of drug-likeness (QED) is 0.591. The Labute approximate surface area is 125 Å². The largest absolute Gasteiger partial charge is 0.480 e. The Kier molecular flexibility index (Phi) is 6.14. The molecular weight excluding hydrogens is 274 g/mol. The zero-order valence-corrected chi connectivity index (χ0v) is 12.9. The molecule has 1 aliphatic heterocycles. The summed E-state index contributed by atoms with van der Waals surface area (Å²) < 4.78 is 0. The summed E-state index contributed by atoms with van der Waals surface area (Å²) >= 11 is 0. The third kappa shape index (κ3) is 5.34. The zero-order chi connectivity index (χ0) is 16.0. The van der Waals surface area contributed by atoms with Crippen LogP contribution in [0.3, 0.4) is 0 Å². The maximum Gasteiger partial charge on any atom is 0.321 e. The highest BCUT2D eigenvalue weighted by molar-refractivity contribution is 5.80. The summed E-state index contributed by atoms with van der Waals surface area (Å²) in [5.41, 5.74) is -0.347. The molecule has 0 spiro atoms. The Morgan fingerprint density at radius 3 is 2.43 bits per heavy atom. The fourth-order valence-electron chi connectivity index (χ4n) is 2.84. The Hall–Kier alpha value is -1.63. The molecule has 3 N–H and O–H groups in total. The molecule has 1 atom stereocenters. The first-order valence-electron chi connectivity index (χ1n) is 7.22. The summed E-state index contributed by atoms with van der Waals surface area (Å²) in [4.78, 5) is 35.8. The van der Waals surface area contributed by atoms with E-state index < -0.39 is 12.0 Å². The zero-order valence-electron chi connectivity index (χ0n) is 12.9. The first-order chi connectivity index (χ1) is 9.74. The minimum Gasteiger partial charge on any atom is -0.480 e. The molecule has 7 nitrogen and oxygen atoms in total. The van der Waals surface area contributed by atoms with Crippen molar-refractivity contribution in [2.45, 2.75) is 39.7 Å². The lowest BCUT2D eigenvalue weighted by Gasteiger charge is -2.43. The minimum atomic E-state index is -0.884. The monoisotopic (exact) mass is 299 g/mol. The van der Waals surface area contributed by atoms with Gasteiger partial charge in [0, 0.05) is 20.0 Å². The molecule has 2 amide bonds. The van der Waals surface area contributed by atoms with Crippen LogP contribution in [0.4, 0.5) is 0 Å². The second kappa shape index (κ2) is 7.40. The molecule has 1 aliphatic rings. The van der Waals surface area contributed by atoms with Crippen LogP contribution in [0.2, 0.25) is 0 Å². The van der Waals surface area contributed by atoms with Crippen molar-refractivity contribution < 1.29 is 19.5 Å². The third-order valence-corrected chi connectivity index (χ3v) is 3.77. The SMILES string of the molecule is CC(=O)NCCNC(=O)CN1CCCC(C)(C)C1C(=O)O. The van der Waals surface area contributed by atoms with Crippen molar-refractivity contribution >= 4 is 17.8 Å². The third-order valence-electron chi connectivity index (χ3n) is 3.77. The van der Waals surface area contributed by atoms with Gasteiger partial charge in [0.15, 0.2) is 0 Å². The van der Waals surface area contributed by atoms with Crippen molar-refractivity contribution in [3.63, 3.8) is 0 Å². The number of rotatable bonds is 6. The van der Waals surface area contributed by atoms with Crippen LogP contribution >= 0.6 is 0 Å². The normalized spacial score (nSPS) is 21.6. The number of likely N-dealkylation sites (tertiary alicyclic amines) is 1. The maximum absolute atomic E-state index is 11.9. The molecule has 0 aromatic heterocycles. The summed E-state index contributed by atoms with van der Waals surface area (Å²) in [5, 5.41) is 14.7. The van der Waals surface area contributed by atoms with E-state index in [0.717, 1.165) is 12.8 Å². The second-order valence-corrected chi connectivity index (χ2v) is 6.14. The molecular formula is C14H25N3O4. The van der Waals surface area contributed by atoms with Gasteiger partial charge in [-0.25, -0.2) is 0 Å². The van der Waals surface area contributed by atoms with E-state index in [0.29, 0.717) is 19.6 Å². The molecule has 0 saturated carbocycles. The molecule has 0 bridgehead atoms. The standard InChI is InChI=1S/C14H25N3O4/c1-10(18)15-6-7-16-11(19)9-17-8-4-5-14(2,3)12(17)13(20)21/h12H,4-9H2,1-3H3,(H,15,18)(H,16,19)(H,20,21).